The van der Waals surface area contributed by atoms with Gasteiger partial charge in [0.2, 0.25) is 0 Å². The molecule has 0 aromatic carbocycles. The van der Waals surface area contributed by atoms with E-state index in [0.717, 1.165) is 30.9 Å². The van der Waals surface area contributed by atoms with Crippen molar-refractivity contribution < 1.29 is 19.1 Å². The third-order valence-electron chi connectivity index (χ3n) is 3.70. The van der Waals surface area contributed by atoms with Gasteiger partial charge in [-0.2, -0.15) is 0 Å². The summed E-state index contributed by atoms with van der Waals surface area (Å²) in [7, 11) is 3.02. The number of anilines is 2. The van der Waals surface area contributed by atoms with Crippen molar-refractivity contribution >= 4 is 33.8 Å². The maximum absolute atomic E-state index is 12.0. The van der Waals surface area contributed by atoms with Crippen molar-refractivity contribution in [3.63, 3.8) is 0 Å². The summed E-state index contributed by atoms with van der Waals surface area (Å²) in [4.78, 5) is 26.2. The van der Waals surface area contributed by atoms with Crippen LogP contribution in [-0.2, 0) is 9.47 Å². The zero-order valence-electron chi connectivity index (χ0n) is 12.5. The van der Waals surface area contributed by atoms with Crippen LogP contribution in [0.4, 0.5) is 10.7 Å². The lowest BCUT2D eigenvalue weighted by Crippen LogP contribution is -2.36. The Labute approximate surface area is 127 Å². The van der Waals surface area contributed by atoms with E-state index < -0.39 is 5.97 Å². The number of carbonyl (C=O) groups excluding carboxylic acids is 2. The lowest BCUT2D eigenvalue weighted by Gasteiger charge is -2.32. The van der Waals surface area contributed by atoms with E-state index in [1.165, 1.54) is 25.4 Å². The average molecular weight is 312 g/mol. The molecule has 1 aliphatic rings. The molecule has 21 heavy (non-hydrogen) atoms. The monoisotopic (exact) mass is 312 g/mol. The van der Waals surface area contributed by atoms with Crippen molar-refractivity contribution in [3.05, 3.63) is 10.4 Å². The number of methoxy groups -OCH3 is 2. The fraction of sp³-hybridized carbons (Fsp3) is 0.571. The number of hydrogen-bond donors (Lipinski definition) is 1. The van der Waals surface area contributed by atoms with Crippen LogP contribution >= 0.6 is 11.3 Å². The first-order valence-electron chi connectivity index (χ1n) is 6.78. The maximum Gasteiger partial charge on any atom is 0.343 e. The Morgan fingerprint density at radius 3 is 2.38 bits per heavy atom. The molecule has 0 spiro atoms. The Kier molecular flexibility index (Phi) is 4.84. The number of hydrogen-bond acceptors (Lipinski definition) is 7. The zero-order chi connectivity index (χ0) is 15.6. The molecule has 2 heterocycles. The summed E-state index contributed by atoms with van der Waals surface area (Å²) in [6, 6.07) is 0. The van der Waals surface area contributed by atoms with Crippen LogP contribution in [0.1, 0.15) is 39.8 Å². The van der Waals surface area contributed by atoms with Crippen LogP contribution in [-0.4, -0.2) is 45.2 Å². The molecule has 0 saturated carbocycles. The Morgan fingerprint density at radius 1 is 1.29 bits per heavy atom. The first-order valence-corrected chi connectivity index (χ1v) is 7.60. The number of ketones is 1. The van der Waals surface area contributed by atoms with Gasteiger partial charge in [-0.05, 0) is 12.8 Å². The fourth-order valence-electron chi connectivity index (χ4n) is 2.51. The predicted molar refractivity (Wildman–Crippen MR) is 82.3 cm³/mol. The van der Waals surface area contributed by atoms with E-state index in [-0.39, 0.29) is 17.6 Å². The summed E-state index contributed by atoms with van der Waals surface area (Å²) in [5.41, 5.74) is 6.51. The summed E-state index contributed by atoms with van der Waals surface area (Å²) in [6.45, 7) is 2.98. The number of nitrogens with two attached hydrogens (primary N) is 1. The van der Waals surface area contributed by atoms with E-state index in [9.17, 15) is 9.59 Å². The van der Waals surface area contributed by atoms with Gasteiger partial charge >= 0.3 is 5.97 Å². The number of rotatable bonds is 4. The Bertz CT molecular complexity index is 547. The molecular formula is C14H20N2O4S. The van der Waals surface area contributed by atoms with E-state index in [0.29, 0.717) is 10.4 Å². The van der Waals surface area contributed by atoms with E-state index in [4.69, 9.17) is 15.2 Å². The molecule has 0 bridgehead atoms. The van der Waals surface area contributed by atoms with Crippen LogP contribution in [0.15, 0.2) is 0 Å². The molecular weight excluding hydrogens is 292 g/mol. The Morgan fingerprint density at radius 2 is 1.90 bits per heavy atom. The Hall–Kier alpha value is -1.60. The zero-order valence-corrected chi connectivity index (χ0v) is 13.3. The van der Waals surface area contributed by atoms with Crippen LogP contribution in [0, 0.1) is 0 Å². The third kappa shape index (κ3) is 3.03. The number of nitrogen functional groups attached to an aromatic ring is 1. The number of nitrogens with zero attached hydrogens (tertiary/aromatic N) is 1. The second-order valence-corrected chi connectivity index (χ2v) is 5.99. The van der Waals surface area contributed by atoms with E-state index in [1.807, 2.05) is 0 Å². The molecule has 0 radical (unpaired) electrons. The van der Waals surface area contributed by atoms with Gasteiger partial charge in [0.1, 0.15) is 10.6 Å². The van der Waals surface area contributed by atoms with Gasteiger partial charge in [-0.1, -0.05) is 0 Å². The highest BCUT2D eigenvalue weighted by Gasteiger charge is 2.30. The Balaban J connectivity index is 2.36. The molecule has 116 valence electrons. The number of Topliss-reactive ketones (excluding diaryl/α,β-unsaturated/α-hetero) is 1. The molecule has 1 saturated heterocycles. The summed E-state index contributed by atoms with van der Waals surface area (Å²) < 4.78 is 10.2. The summed E-state index contributed by atoms with van der Waals surface area (Å²) in [6.07, 6.45) is 2.00. The SMILES string of the molecule is COC(=O)c1c(N2CCC(OC)CC2)sc(C(C)=O)c1N. The van der Waals surface area contributed by atoms with Gasteiger partial charge in [0, 0.05) is 27.1 Å². The molecule has 0 amide bonds. The molecule has 2 rings (SSSR count). The molecule has 0 atom stereocenters. The smallest absolute Gasteiger partial charge is 0.343 e. The van der Waals surface area contributed by atoms with Crippen LogP contribution in [0.25, 0.3) is 0 Å². The van der Waals surface area contributed by atoms with Gasteiger partial charge in [0.05, 0.1) is 23.8 Å². The number of carbonyl (C=O) groups is 2. The molecule has 7 heteroatoms. The second kappa shape index (κ2) is 6.44. The molecule has 1 aliphatic heterocycles. The minimum Gasteiger partial charge on any atom is -0.465 e. The lowest BCUT2D eigenvalue weighted by molar-refractivity contribution is 0.0602. The largest absolute Gasteiger partial charge is 0.465 e. The first kappa shape index (κ1) is 15.8. The van der Waals surface area contributed by atoms with E-state index in [1.54, 1.807) is 7.11 Å². The highest BCUT2D eigenvalue weighted by molar-refractivity contribution is 7.19. The quantitative estimate of drug-likeness (QED) is 0.676. The summed E-state index contributed by atoms with van der Waals surface area (Å²) >= 11 is 1.26. The standard InChI is InChI=1S/C14H20N2O4S/c1-8(17)12-11(15)10(14(18)20-3)13(21-12)16-6-4-9(19-2)5-7-16/h9H,4-7,15H2,1-3H3. The van der Waals surface area contributed by atoms with Gasteiger partial charge < -0.3 is 20.1 Å². The van der Waals surface area contributed by atoms with Crippen LogP contribution in [0.2, 0.25) is 0 Å². The third-order valence-corrected chi connectivity index (χ3v) is 5.07. The van der Waals surface area contributed by atoms with Gasteiger partial charge in [0.25, 0.3) is 0 Å². The number of ether oxygens (including phenoxy) is 2. The normalized spacial score (nSPS) is 16.0. The lowest BCUT2D eigenvalue weighted by atomic mass is 10.1. The minimum absolute atomic E-state index is 0.138. The summed E-state index contributed by atoms with van der Waals surface area (Å²) in [5, 5.41) is 0.721. The highest BCUT2D eigenvalue weighted by atomic mass is 32.1. The number of thiophene rings is 1. The average Bonchev–Trinajstić information content (AvgIpc) is 2.84. The van der Waals surface area contributed by atoms with Crippen molar-refractivity contribution in [2.75, 3.05) is 37.9 Å². The molecule has 1 fully saturated rings. The van der Waals surface area contributed by atoms with Gasteiger partial charge in [-0.3, -0.25) is 4.79 Å². The van der Waals surface area contributed by atoms with Crippen LogP contribution in [0.5, 0.6) is 0 Å². The minimum atomic E-state index is -0.500. The maximum atomic E-state index is 12.0. The molecule has 6 nitrogen and oxygen atoms in total. The molecule has 1 aromatic rings. The van der Waals surface area contributed by atoms with Gasteiger partial charge in [0.15, 0.2) is 5.78 Å². The molecule has 1 aromatic heterocycles. The number of piperidine rings is 1. The molecule has 0 unspecified atom stereocenters. The van der Waals surface area contributed by atoms with E-state index in [2.05, 4.69) is 4.90 Å². The topological polar surface area (TPSA) is 81.9 Å². The van der Waals surface area contributed by atoms with Gasteiger partial charge in [-0.15, -0.1) is 11.3 Å². The fourth-order valence-corrected chi connectivity index (χ4v) is 3.67. The van der Waals surface area contributed by atoms with Crippen molar-refractivity contribution in [1.29, 1.82) is 0 Å². The van der Waals surface area contributed by atoms with Crippen molar-refractivity contribution in [2.24, 2.45) is 0 Å². The number of esters is 1. The molecule has 2 N–H and O–H groups in total. The van der Waals surface area contributed by atoms with E-state index >= 15 is 0 Å². The van der Waals surface area contributed by atoms with Crippen LogP contribution < -0.4 is 10.6 Å². The highest BCUT2D eigenvalue weighted by Crippen LogP contribution is 2.40. The predicted octanol–water partition coefficient (Wildman–Crippen LogP) is 1.93. The molecule has 0 aliphatic carbocycles. The first-order chi connectivity index (χ1) is 9.99. The van der Waals surface area contributed by atoms with Crippen molar-refractivity contribution in [2.45, 2.75) is 25.9 Å². The second-order valence-electron chi connectivity index (χ2n) is 4.99. The van der Waals surface area contributed by atoms with Crippen LogP contribution in [0.3, 0.4) is 0 Å². The summed E-state index contributed by atoms with van der Waals surface area (Å²) in [5.74, 6) is -0.638. The van der Waals surface area contributed by atoms with Gasteiger partial charge in [-0.25, -0.2) is 4.79 Å². The van der Waals surface area contributed by atoms with Crippen molar-refractivity contribution in [3.8, 4) is 0 Å². The van der Waals surface area contributed by atoms with Crippen molar-refractivity contribution in [1.82, 2.24) is 0 Å².